The van der Waals surface area contributed by atoms with Crippen LogP contribution >= 0.6 is 0 Å². The van der Waals surface area contributed by atoms with Gasteiger partial charge in [0.15, 0.2) is 0 Å². The predicted molar refractivity (Wildman–Crippen MR) is 73.4 cm³/mol. The normalized spacial score (nSPS) is 11.9. The Hall–Kier alpha value is -1.66. The van der Waals surface area contributed by atoms with E-state index >= 15 is 0 Å². The van der Waals surface area contributed by atoms with Crippen molar-refractivity contribution in [1.29, 1.82) is 0 Å². The molecule has 1 atom stereocenters. The quantitative estimate of drug-likeness (QED) is 0.732. The number of anilines is 1. The van der Waals surface area contributed by atoms with E-state index in [0.717, 1.165) is 12.2 Å². The van der Waals surface area contributed by atoms with E-state index < -0.39 is 0 Å². The number of amides is 1. The Morgan fingerprint density at radius 2 is 2.26 bits per heavy atom. The maximum atomic E-state index is 12.1. The van der Waals surface area contributed by atoms with Gasteiger partial charge in [-0.1, -0.05) is 0 Å². The minimum atomic E-state index is -0.179. The van der Waals surface area contributed by atoms with E-state index in [0.29, 0.717) is 18.7 Å². The van der Waals surface area contributed by atoms with Crippen LogP contribution in [0, 0.1) is 0 Å². The van der Waals surface area contributed by atoms with Crippen LogP contribution in [0.25, 0.3) is 0 Å². The molecule has 1 rings (SSSR count). The van der Waals surface area contributed by atoms with E-state index in [1.807, 2.05) is 6.92 Å². The highest BCUT2D eigenvalue weighted by Crippen LogP contribution is 2.12. The average Bonchev–Trinajstić information content (AvgIpc) is 2.44. The van der Waals surface area contributed by atoms with E-state index in [1.165, 1.54) is 0 Å². The molecule has 6 nitrogen and oxygen atoms in total. The lowest BCUT2D eigenvalue weighted by Crippen LogP contribution is -2.35. The molecule has 106 valence electrons. The van der Waals surface area contributed by atoms with E-state index in [9.17, 15) is 4.79 Å². The van der Waals surface area contributed by atoms with Crippen molar-refractivity contribution < 1.29 is 14.3 Å². The zero-order valence-corrected chi connectivity index (χ0v) is 11.6. The topological polar surface area (TPSA) is 72.5 Å². The first-order valence-corrected chi connectivity index (χ1v) is 6.20. The molecule has 0 saturated carbocycles. The van der Waals surface area contributed by atoms with Crippen molar-refractivity contribution in [3.8, 4) is 0 Å². The van der Waals surface area contributed by atoms with E-state index in [2.05, 4.69) is 15.6 Å². The third kappa shape index (κ3) is 4.84. The van der Waals surface area contributed by atoms with Crippen LogP contribution in [-0.4, -0.2) is 50.9 Å². The number of nitrogens with one attached hydrogen (secondary N) is 2. The Morgan fingerprint density at radius 3 is 2.89 bits per heavy atom. The fourth-order valence-electron chi connectivity index (χ4n) is 1.62. The number of rotatable bonds is 8. The summed E-state index contributed by atoms with van der Waals surface area (Å²) in [7, 11) is 3.18. The number of hydrogen-bond acceptors (Lipinski definition) is 5. The lowest BCUT2D eigenvalue weighted by Gasteiger charge is -2.16. The molecule has 0 spiro atoms. The van der Waals surface area contributed by atoms with Crippen LogP contribution in [0.1, 0.15) is 17.3 Å². The predicted octanol–water partition coefficient (Wildman–Crippen LogP) is 0.905. The molecule has 19 heavy (non-hydrogen) atoms. The highest BCUT2D eigenvalue weighted by atomic mass is 16.5. The van der Waals surface area contributed by atoms with Gasteiger partial charge in [-0.15, -0.1) is 0 Å². The third-order valence-corrected chi connectivity index (χ3v) is 2.61. The second kappa shape index (κ2) is 8.44. The van der Waals surface area contributed by atoms with Gasteiger partial charge in [-0.05, 0) is 13.0 Å². The van der Waals surface area contributed by atoms with Crippen LogP contribution in [0.4, 0.5) is 5.69 Å². The lowest BCUT2D eigenvalue weighted by atomic mass is 10.2. The van der Waals surface area contributed by atoms with E-state index in [-0.39, 0.29) is 12.0 Å². The molecular formula is C13H21N3O3. The molecule has 1 unspecified atom stereocenters. The maximum Gasteiger partial charge on any atom is 0.255 e. The molecule has 2 N–H and O–H groups in total. The zero-order chi connectivity index (χ0) is 14.1. The number of nitrogens with zero attached hydrogens (tertiary/aromatic N) is 1. The molecule has 0 radical (unpaired) electrons. The number of methoxy groups -OCH3 is 2. The minimum absolute atomic E-state index is 0.159. The fourth-order valence-corrected chi connectivity index (χ4v) is 1.62. The summed E-state index contributed by atoms with van der Waals surface area (Å²) in [5, 5.41) is 5.94. The molecular weight excluding hydrogens is 246 g/mol. The first-order chi connectivity index (χ1) is 9.22. The summed E-state index contributed by atoms with van der Waals surface area (Å²) in [4.78, 5) is 16.1. The van der Waals surface area contributed by atoms with Crippen LogP contribution in [0.15, 0.2) is 18.5 Å². The van der Waals surface area contributed by atoms with Crippen LogP contribution in [0.5, 0.6) is 0 Å². The van der Waals surface area contributed by atoms with Crippen LogP contribution in [0.3, 0.4) is 0 Å². The molecule has 1 heterocycles. The van der Waals surface area contributed by atoms with E-state index in [4.69, 9.17) is 9.47 Å². The molecule has 0 fully saturated rings. The molecule has 0 aliphatic heterocycles. The van der Waals surface area contributed by atoms with Gasteiger partial charge < -0.3 is 20.1 Å². The van der Waals surface area contributed by atoms with Crippen LogP contribution < -0.4 is 10.6 Å². The molecule has 0 saturated heterocycles. The van der Waals surface area contributed by atoms with Gasteiger partial charge >= 0.3 is 0 Å². The standard InChI is InChI=1S/C13H21N3O3/c1-4-15-12-5-6-14-8-11(12)13(17)16-7-10(19-3)9-18-2/h5-6,8,10H,4,7,9H2,1-3H3,(H,14,15)(H,16,17). The Morgan fingerprint density at radius 1 is 1.47 bits per heavy atom. The van der Waals surface area contributed by atoms with Crippen molar-refractivity contribution in [2.75, 3.05) is 39.2 Å². The molecule has 1 aromatic heterocycles. The molecule has 6 heteroatoms. The molecule has 0 aliphatic rings. The Bertz CT molecular complexity index is 398. The number of hydrogen-bond donors (Lipinski definition) is 2. The Kier molecular flexibility index (Phi) is 6.84. The van der Waals surface area contributed by atoms with Gasteiger partial charge in [0.05, 0.1) is 24.0 Å². The fraction of sp³-hybridized carbons (Fsp3) is 0.538. The van der Waals surface area contributed by atoms with Crippen molar-refractivity contribution in [2.24, 2.45) is 0 Å². The summed E-state index contributed by atoms with van der Waals surface area (Å²) < 4.78 is 10.2. The van der Waals surface area contributed by atoms with Gasteiger partial charge in [-0.25, -0.2) is 0 Å². The van der Waals surface area contributed by atoms with Gasteiger partial charge in [0.1, 0.15) is 0 Å². The summed E-state index contributed by atoms with van der Waals surface area (Å²) in [5.74, 6) is -0.179. The van der Waals surface area contributed by atoms with Crippen molar-refractivity contribution in [2.45, 2.75) is 13.0 Å². The molecule has 0 aliphatic carbocycles. The minimum Gasteiger partial charge on any atom is -0.385 e. The number of carbonyl (C=O) groups is 1. The highest BCUT2D eigenvalue weighted by Gasteiger charge is 2.13. The monoisotopic (exact) mass is 267 g/mol. The number of pyridine rings is 1. The van der Waals surface area contributed by atoms with Crippen molar-refractivity contribution >= 4 is 11.6 Å². The van der Waals surface area contributed by atoms with Gasteiger partial charge in [-0.2, -0.15) is 0 Å². The zero-order valence-electron chi connectivity index (χ0n) is 11.6. The number of carbonyl (C=O) groups excluding carboxylic acids is 1. The van der Waals surface area contributed by atoms with Crippen LogP contribution in [-0.2, 0) is 9.47 Å². The largest absolute Gasteiger partial charge is 0.385 e. The van der Waals surface area contributed by atoms with Crippen LogP contribution in [0.2, 0.25) is 0 Å². The molecule has 1 amide bonds. The van der Waals surface area contributed by atoms with Gasteiger partial charge in [0.2, 0.25) is 0 Å². The lowest BCUT2D eigenvalue weighted by molar-refractivity contribution is 0.0285. The average molecular weight is 267 g/mol. The second-order valence-electron chi connectivity index (χ2n) is 3.97. The third-order valence-electron chi connectivity index (χ3n) is 2.61. The number of aromatic nitrogens is 1. The van der Waals surface area contributed by atoms with Gasteiger partial charge in [0, 0.05) is 39.7 Å². The SMILES string of the molecule is CCNc1ccncc1C(=O)NCC(COC)OC. The molecule has 1 aromatic rings. The van der Waals surface area contributed by atoms with Crippen molar-refractivity contribution in [3.63, 3.8) is 0 Å². The Labute approximate surface area is 113 Å². The van der Waals surface area contributed by atoms with Gasteiger partial charge in [-0.3, -0.25) is 9.78 Å². The summed E-state index contributed by atoms with van der Waals surface area (Å²) in [6.45, 7) is 3.55. The molecule has 0 bridgehead atoms. The summed E-state index contributed by atoms with van der Waals surface area (Å²) in [6.07, 6.45) is 3.04. The number of ether oxygens (including phenoxy) is 2. The van der Waals surface area contributed by atoms with Gasteiger partial charge in [0.25, 0.3) is 5.91 Å². The first-order valence-electron chi connectivity index (χ1n) is 6.20. The Balaban J connectivity index is 2.62. The second-order valence-corrected chi connectivity index (χ2v) is 3.97. The van der Waals surface area contributed by atoms with Crippen molar-refractivity contribution in [1.82, 2.24) is 10.3 Å². The summed E-state index contributed by atoms with van der Waals surface area (Å²) in [6, 6.07) is 1.78. The molecule has 0 aromatic carbocycles. The first kappa shape index (κ1) is 15.4. The maximum absolute atomic E-state index is 12.1. The summed E-state index contributed by atoms with van der Waals surface area (Å²) >= 11 is 0. The van der Waals surface area contributed by atoms with E-state index in [1.54, 1.807) is 32.7 Å². The van der Waals surface area contributed by atoms with Crippen molar-refractivity contribution in [3.05, 3.63) is 24.0 Å². The highest BCUT2D eigenvalue weighted by molar-refractivity contribution is 5.99. The smallest absolute Gasteiger partial charge is 0.255 e. The summed E-state index contributed by atoms with van der Waals surface area (Å²) in [5.41, 5.74) is 1.30.